The zero-order chi connectivity index (χ0) is 20.4. The molecule has 0 atom stereocenters. The Morgan fingerprint density at radius 2 is 1.55 bits per heavy atom. The minimum absolute atomic E-state index is 0.0247. The number of carbonyl (C=O) groups is 1. The molecule has 0 saturated heterocycles. The molecule has 1 amide bonds. The van der Waals surface area contributed by atoms with Crippen LogP contribution >= 0.6 is 0 Å². The number of aromatic nitrogens is 2. The summed E-state index contributed by atoms with van der Waals surface area (Å²) in [7, 11) is -4.09. The molecule has 1 heterocycles. The first kappa shape index (κ1) is 19.4. The van der Waals surface area contributed by atoms with E-state index >= 15 is 0 Å². The van der Waals surface area contributed by atoms with Gasteiger partial charge in [-0.1, -0.05) is 49.6 Å². The highest BCUT2D eigenvalue weighted by molar-refractivity contribution is 7.90. The van der Waals surface area contributed by atoms with Gasteiger partial charge in [0, 0.05) is 6.04 Å². The summed E-state index contributed by atoms with van der Waals surface area (Å²) < 4.78 is 28.3. The van der Waals surface area contributed by atoms with E-state index in [0.29, 0.717) is 5.52 Å². The van der Waals surface area contributed by atoms with Crippen molar-refractivity contribution in [2.45, 2.75) is 49.6 Å². The Labute approximate surface area is 169 Å². The molecule has 0 bridgehead atoms. The lowest BCUT2D eigenvalue weighted by Gasteiger charge is -2.22. The molecular formula is C21H23N3O4S. The number of benzene rings is 2. The van der Waals surface area contributed by atoms with E-state index in [-0.39, 0.29) is 28.9 Å². The van der Waals surface area contributed by atoms with Gasteiger partial charge in [0.05, 0.1) is 15.9 Å². The summed E-state index contributed by atoms with van der Waals surface area (Å²) in [6.45, 7) is -0.215. The second-order valence-electron chi connectivity index (χ2n) is 7.34. The number of nitrogens with one attached hydrogen (secondary N) is 1. The maximum atomic E-state index is 13.1. The maximum absolute atomic E-state index is 13.1. The van der Waals surface area contributed by atoms with Gasteiger partial charge in [0.2, 0.25) is 5.91 Å². The van der Waals surface area contributed by atoms with E-state index in [1.807, 2.05) is 0 Å². The quantitative estimate of drug-likeness (QED) is 0.696. The normalized spacial score (nSPS) is 15.4. The standard InChI is InChI=1S/C21H23N3O4S/c25-20(22-16-9-3-1-4-10-16)15-23-18-13-7-8-14-19(18)24(21(23)26)29(27,28)17-11-5-2-6-12-17/h2,5-8,11-14,16H,1,3-4,9-10,15H2,(H,22,25). The zero-order valence-electron chi connectivity index (χ0n) is 16.0. The van der Waals surface area contributed by atoms with E-state index in [1.165, 1.54) is 23.1 Å². The summed E-state index contributed by atoms with van der Waals surface area (Å²) in [5, 5.41) is 2.98. The topological polar surface area (TPSA) is 90.2 Å². The molecule has 0 spiro atoms. The van der Waals surface area contributed by atoms with Gasteiger partial charge in [-0.25, -0.2) is 13.2 Å². The Morgan fingerprint density at radius 1 is 0.931 bits per heavy atom. The molecule has 29 heavy (non-hydrogen) atoms. The fourth-order valence-electron chi connectivity index (χ4n) is 3.93. The highest BCUT2D eigenvalue weighted by atomic mass is 32.2. The molecule has 152 valence electrons. The van der Waals surface area contributed by atoms with Gasteiger partial charge in [-0.3, -0.25) is 9.36 Å². The molecule has 4 rings (SSSR count). The van der Waals surface area contributed by atoms with Crippen molar-refractivity contribution in [2.75, 3.05) is 0 Å². The van der Waals surface area contributed by atoms with Crippen LogP contribution in [0, 0.1) is 0 Å². The van der Waals surface area contributed by atoms with Crippen LogP contribution in [0.3, 0.4) is 0 Å². The Hall–Kier alpha value is -2.87. The molecule has 0 unspecified atom stereocenters. The van der Waals surface area contributed by atoms with E-state index in [9.17, 15) is 18.0 Å². The fourth-order valence-corrected chi connectivity index (χ4v) is 5.36. The third-order valence-electron chi connectivity index (χ3n) is 5.35. The summed E-state index contributed by atoms with van der Waals surface area (Å²) in [5.74, 6) is -0.279. The van der Waals surface area contributed by atoms with Crippen LogP contribution in [0.2, 0.25) is 0 Å². The van der Waals surface area contributed by atoms with Gasteiger partial charge in [-0.2, -0.15) is 3.97 Å². The lowest BCUT2D eigenvalue weighted by Crippen LogP contribution is -2.40. The minimum atomic E-state index is -4.09. The second-order valence-corrected chi connectivity index (χ2v) is 9.13. The number of hydrogen-bond donors (Lipinski definition) is 1. The van der Waals surface area contributed by atoms with E-state index < -0.39 is 15.7 Å². The third-order valence-corrected chi connectivity index (χ3v) is 7.05. The van der Waals surface area contributed by atoms with E-state index in [1.54, 1.807) is 42.5 Å². The van der Waals surface area contributed by atoms with Crippen molar-refractivity contribution in [2.24, 2.45) is 0 Å². The van der Waals surface area contributed by atoms with Gasteiger partial charge in [-0.15, -0.1) is 0 Å². The first-order chi connectivity index (χ1) is 14.0. The molecule has 0 aliphatic heterocycles. The number of fused-ring (bicyclic) bond motifs is 1. The summed E-state index contributed by atoms with van der Waals surface area (Å²) in [5.41, 5.74) is -0.0727. The van der Waals surface area contributed by atoms with Gasteiger partial charge in [0.25, 0.3) is 10.0 Å². The SMILES string of the molecule is O=C(Cn1c(=O)n(S(=O)(=O)c2ccccc2)c2ccccc21)NC1CCCCC1. The molecule has 1 aromatic heterocycles. The van der Waals surface area contributed by atoms with E-state index in [0.717, 1.165) is 29.7 Å². The Bertz CT molecular complexity index is 1190. The number of hydrogen-bond acceptors (Lipinski definition) is 4. The van der Waals surface area contributed by atoms with Crippen LogP contribution in [0.5, 0.6) is 0 Å². The molecule has 1 fully saturated rings. The summed E-state index contributed by atoms with van der Waals surface area (Å²) in [6, 6.07) is 14.6. The smallest absolute Gasteiger partial charge is 0.343 e. The molecule has 0 radical (unpaired) electrons. The maximum Gasteiger partial charge on any atom is 0.343 e. The van der Waals surface area contributed by atoms with Crippen LogP contribution in [0.4, 0.5) is 0 Å². The summed E-state index contributed by atoms with van der Waals surface area (Å²) in [6.07, 6.45) is 5.21. The number of amides is 1. The van der Waals surface area contributed by atoms with Crippen molar-refractivity contribution in [1.29, 1.82) is 0 Å². The predicted molar refractivity (Wildman–Crippen MR) is 110 cm³/mol. The zero-order valence-corrected chi connectivity index (χ0v) is 16.8. The first-order valence-electron chi connectivity index (χ1n) is 9.79. The van der Waals surface area contributed by atoms with Crippen LogP contribution in [0.15, 0.2) is 64.3 Å². The van der Waals surface area contributed by atoms with Crippen molar-refractivity contribution in [3.8, 4) is 0 Å². The number of para-hydroxylation sites is 2. The van der Waals surface area contributed by atoms with Gasteiger partial charge in [0.15, 0.2) is 0 Å². The Balaban J connectivity index is 1.74. The number of carbonyl (C=O) groups excluding carboxylic acids is 1. The Kier molecular flexibility index (Phi) is 5.27. The highest BCUT2D eigenvalue weighted by Gasteiger charge is 2.26. The fraction of sp³-hybridized carbons (Fsp3) is 0.333. The largest absolute Gasteiger partial charge is 0.352 e. The molecule has 7 nitrogen and oxygen atoms in total. The van der Waals surface area contributed by atoms with Gasteiger partial charge in [-0.05, 0) is 37.1 Å². The molecule has 1 N–H and O–H groups in total. The average Bonchev–Trinajstić information content (AvgIpc) is 3.01. The van der Waals surface area contributed by atoms with Crippen molar-refractivity contribution in [3.63, 3.8) is 0 Å². The summed E-state index contributed by atoms with van der Waals surface area (Å²) in [4.78, 5) is 25.7. The molecule has 1 aliphatic carbocycles. The van der Waals surface area contributed by atoms with Crippen LogP contribution in [0.1, 0.15) is 32.1 Å². The molecule has 1 saturated carbocycles. The van der Waals surface area contributed by atoms with Crippen molar-refractivity contribution >= 4 is 27.0 Å². The molecule has 2 aromatic carbocycles. The molecule has 3 aromatic rings. The average molecular weight is 413 g/mol. The molecule has 1 aliphatic rings. The number of nitrogens with zero attached hydrogens (tertiary/aromatic N) is 2. The third kappa shape index (κ3) is 3.72. The lowest BCUT2D eigenvalue weighted by molar-refractivity contribution is -0.122. The van der Waals surface area contributed by atoms with Crippen LogP contribution < -0.4 is 11.0 Å². The summed E-state index contributed by atoms with van der Waals surface area (Å²) >= 11 is 0. The highest BCUT2D eigenvalue weighted by Crippen LogP contribution is 2.20. The van der Waals surface area contributed by atoms with Gasteiger partial charge < -0.3 is 5.32 Å². The van der Waals surface area contributed by atoms with Crippen LogP contribution in [0.25, 0.3) is 11.0 Å². The van der Waals surface area contributed by atoms with Gasteiger partial charge in [0.1, 0.15) is 6.54 Å². The van der Waals surface area contributed by atoms with Crippen molar-refractivity contribution < 1.29 is 13.2 Å². The van der Waals surface area contributed by atoms with E-state index in [2.05, 4.69) is 5.32 Å². The van der Waals surface area contributed by atoms with Gasteiger partial charge >= 0.3 is 5.69 Å². The molecular weight excluding hydrogens is 390 g/mol. The van der Waals surface area contributed by atoms with E-state index in [4.69, 9.17) is 0 Å². The number of imidazole rings is 1. The first-order valence-corrected chi connectivity index (χ1v) is 11.2. The molecule has 8 heteroatoms. The predicted octanol–water partition coefficient (Wildman–Crippen LogP) is 2.49. The second kappa shape index (κ2) is 7.87. The van der Waals surface area contributed by atoms with Crippen LogP contribution in [-0.2, 0) is 21.4 Å². The van der Waals surface area contributed by atoms with Crippen molar-refractivity contribution in [1.82, 2.24) is 13.9 Å². The monoisotopic (exact) mass is 413 g/mol. The number of rotatable bonds is 5. The Morgan fingerprint density at radius 3 is 2.24 bits per heavy atom. The van der Waals surface area contributed by atoms with Crippen LogP contribution in [-0.4, -0.2) is 28.9 Å². The van der Waals surface area contributed by atoms with Crippen molar-refractivity contribution in [3.05, 3.63) is 65.1 Å². The minimum Gasteiger partial charge on any atom is -0.352 e. The lowest BCUT2D eigenvalue weighted by atomic mass is 9.95.